The number of aromatic nitrogens is 4. The zero-order valence-corrected chi connectivity index (χ0v) is 28.5. The molecule has 2 aromatic heterocycles. The number of nitrogens with one attached hydrogen (secondary N) is 2. The molecule has 0 amide bonds. The highest BCUT2D eigenvalue weighted by Crippen LogP contribution is 2.42. The zero-order chi connectivity index (χ0) is 43.9. The van der Waals surface area contributed by atoms with Gasteiger partial charge in [-0.3, -0.25) is 18.7 Å². The molecule has 314 valence electrons. The molecule has 4 aromatic rings. The lowest BCUT2D eigenvalue weighted by atomic mass is 10.1. The predicted molar refractivity (Wildman–Crippen MR) is 163 cm³/mol. The van der Waals surface area contributed by atoms with E-state index in [1.54, 1.807) is 10.6 Å². The van der Waals surface area contributed by atoms with Gasteiger partial charge in [0.25, 0.3) is 11.1 Å². The molecule has 2 heterocycles. The SMILES string of the molecule is CCn1c(Nc2cc(C(F)(F)F)ccc2C(F)(F)F)nc(C(F)(F)F)c(Cl)c1=O.CCn1c(Nc2cc(C(F)(F)F)ccc2C(F)(F)F)nc(C(F)(F)F)cc1=O. The van der Waals surface area contributed by atoms with Crippen LogP contribution < -0.4 is 21.8 Å². The number of halogens is 19. The number of hydrogen-bond donors (Lipinski definition) is 2. The van der Waals surface area contributed by atoms with Gasteiger partial charge in [-0.25, -0.2) is 9.97 Å². The molecule has 0 aliphatic heterocycles. The third-order valence-corrected chi connectivity index (χ3v) is 7.45. The first-order valence-electron chi connectivity index (χ1n) is 14.9. The van der Waals surface area contributed by atoms with Crippen LogP contribution in [0.3, 0.4) is 0 Å². The fourth-order valence-corrected chi connectivity index (χ4v) is 4.79. The van der Waals surface area contributed by atoms with Crippen LogP contribution in [0.5, 0.6) is 0 Å². The van der Waals surface area contributed by atoms with E-state index in [9.17, 15) is 88.6 Å². The molecular weight excluding hydrogens is 854 g/mol. The van der Waals surface area contributed by atoms with Crippen molar-refractivity contribution < 1.29 is 79.0 Å². The van der Waals surface area contributed by atoms with Crippen LogP contribution in [-0.4, -0.2) is 19.1 Å². The molecule has 0 saturated carbocycles. The van der Waals surface area contributed by atoms with Gasteiger partial charge in [-0.2, -0.15) is 79.0 Å². The molecule has 57 heavy (non-hydrogen) atoms. The summed E-state index contributed by atoms with van der Waals surface area (Å²) in [5, 5.41) is 2.23. The van der Waals surface area contributed by atoms with Gasteiger partial charge < -0.3 is 10.6 Å². The standard InChI is InChI=1S/C15H9ClF9N3O.C15H10F9N3O/c1-2-28-11(29)9(16)10(15(23,24)25)27-12(28)26-8-5-6(13(17,18)19)3-4-7(8)14(20,21)22;1-2-27-11(28)6-10(15(22,23)24)26-12(27)25-9-5-7(13(16,17)18)3-4-8(9)14(19,20)21/h3-5H,2H2,1H3,(H,26,27);3-6H,2H2,1H3,(H,25,26). The monoisotopic (exact) mass is 872 g/mol. The van der Waals surface area contributed by atoms with Crippen LogP contribution in [0.2, 0.25) is 5.02 Å². The molecule has 0 spiro atoms. The van der Waals surface area contributed by atoms with Gasteiger partial charge in [0.1, 0.15) is 5.02 Å². The zero-order valence-electron chi connectivity index (χ0n) is 27.7. The van der Waals surface area contributed by atoms with Crippen LogP contribution in [-0.2, 0) is 50.1 Å². The second-order valence-corrected chi connectivity index (χ2v) is 11.3. The summed E-state index contributed by atoms with van der Waals surface area (Å²) in [6, 6.07) is 0.850. The highest BCUT2D eigenvalue weighted by atomic mass is 35.5. The Hall–Kier alpha value is -5.17. The van der Waals surface area contributed by atoms with Crippen molar-refractivity contribution in [2.75, 3.05) is 10.6 Å². The molecule has 0 aliphatic rings. The maximum atomic E-state index is 13.2. The van der Waals surface area contributed by atoms with Crippen molar-refractivity contribution in [3.63, 3.8) is 0 Å². The fraction of sp³-hybridized carbons (Fsp3) is 0.333. The third kappa shape index (κ3) is 11.0. The maximum absolute atomic E-state index is 13.2. The van der Waals surface area contributed by atoms with E-state index >= 15 is 0 Å². The number of nitrogens with zero attached hydrogens (tertiary/aromatic N) is 4. The topological polar surface area (TPSA) is 93.8 Å². The lowest BCUT2D eigenvalue weighted by molar-refractivity contribution is -0.142. The van der Waals surface area contributed by atoms with Crippen LogP contribution in [0.25, 0.3) is 0 Å². The van der Waals surface area contributed by atoms with Gasteiger partial charge in [-0.05, 0) is 50.2 Å². The highest BCUT2D eigenvalue weighted by Gasteiger charge is 2.41. The summed E-state index contributed by atoms with van der Waals surface area (Å²) in [6.07, 6.45) is -30.6. The minimum atomic E-state index is -5.24. The van der Waals surface area contributed by atoms with Crippen molar-refractivity contribution in [1.29, 1.82) is 0 Å². The van der Waals surface area contributed by atoms with Crippen molar-refractivity contribution >= 4 is 34.9 Å². The van der Waals surface area contributed by atoms with Crippen LogP contribution in [0.15, 0.2) is 52.1 Å². The van der Waals surface area contributed by atoms with Crippen LogP contribution in [0.4, 0.5) is 102 Å². The van der Waals surface area contributed by atoms with Gasteiger partial charge in [0, 0.05) is 19.2 Å². The lowest BCUT2D eigenvalue weighted by Crippen LogP contribution is -2.28. The molecule has 4 rings (SSSR count). The smallest absolute Gasteiger partial charge is 0.325 e. The normalized spacial score (nSPS) is 12.9. The summed E-state index contributed by atoms with van der Waals surface area (Å²) in [5.41, 5.74) is -14.9. The fourth-order valence-electron chi connectivity index (χ4n) is 4.54. The summed E-state index contributed by atoms with van der Waals surface area (Å²) in [6.45, 7) is 1.85. The molecule has 0 radical (unpaired) electrons. The maximum Gasteiger partial charge on any atom is 0.435 e. The van der Waals surface area contributed by atoms with E-state index in [0.717, 1.165) is 0 Å². The Morgan fingerprint density at radius 3 is 1.28 bits per heavy atom. The van der Waals surface area contributed by atoms with Crippen molar-refractivity contribution in [2.24, 2.45) is 0 Å². The number of benzene rings is 2. The molecule has 27 heteroatoms. The Morgan fingerprint density at radius 1 is 0.544 bits per heavy atom. The van der Waals surface area contributed by atoms with Crippen molar-refractivity contribution in [3.8, 4) is 0 Å². The average molecular weight is 873 g/mol. The van der Waals surface area contributed by atoms with Gasteiger partial charge >= 0.3 is 37.1 Å². The minimum Gasteiger partial charge on any atom is -0.325 e. The van der Waals surface area contributed by atoms with Crippen LogP contribution >= 0.6 is 11.6 Å². The second-order valence-electron chi connectivity index (χ2n) is 11.0. The van der Waals surface area contributed by atoms with Gasteiger partial charge in [0.2, 0.25) is 11.9 Å². The number of rotatable bonds is 6. The van der Waals surface area contributed by atoms with E-state index in [1.807, 2.05) is 0 Å². The third-order valence-electron chi connectivity index (χ3n) is 7.11. The Bertz CT molecular complexity index is 2220. The van der Waals surface area contributed by atoms with Gasteiger partial charge in [0.05, 0.1) is 33.6 Å². The summed E-state index contributed by atoms with van der Waals surface area (Å²) >= 11 is 5.35. The highest BCUT2D eigenvalue weighted by molar-refractivity contribution is 6.31. The van der Waals surface area contributed by atoms with Crippen molar-refractivity contribution in [3.05, 3.63) is 102 Å². The Kier molecular flexibility index (Phi) is 13.0. The second kappa shape index (κ2) is 16.0. The molecule has 0 atom stereocenters. The Balaban J connectivity index is 0.000000306. The molecular formula is C30H19ClF18N6O2. The summed E-state index contributed by atoms with van der Waals surface area (Å²) < 4.78 is 235. The van der Waals surface area contributed by atoms with E-state index in [-0.39, 0.29) is 55.6 Å². The molecule has 2 N–H and O–H groups in total. The first-order valence-corrected chi connectivity index (χ1v) is 15.3. The van der Waals surface area contributed by atoms with Gasteiger partial charge in [0.15, 0.2) is 11.4 Å². The Labute approximate surface area is 309 Å². The van der Waals surface area contributed by atoms with Gasteiger partial charge in [-0.15, -0.1) is 0 Å². The predicted octanol–water partition coefficient (Wildman–Crippen LogP) is 10.8. The van der Waals surface area contributed by atoms with E-state index in [4.69, 9.17) is 11.6 Å². The van der Waals surface area contributed by atoms with Crippen molar-refractivity contribution in [2.45, 2.75) is 64.0 Å². The van der Waals surface area contributed by atoms with Crippen LogP contribution in [0, 0.1) is 0 Å². The molecule has 0 fully saturated rings. The molecule has 0 aliphatic carbocycles. The summed E-state index contributed by atoms with van der Waals surface area (Å²) in [4.78, 5) is 29.9. The molecule has 0 unspecified atom stereocenters. The van der Waals surface area contributed by atoms with Crippen LogP contribution in [0.1, 0.15) is 47.5 Å². The quantitative estimate of drug-likeness (QED) is 0.188. The van der Waals surface area contributed by atoms with E-state index < -0.39 is 110 Å². The minimum absolute atomic E-state index is 0.0524. The number of anilines is 4. The lowest BCUT2D eigenvalue weighted by Gasteiger charge is -2.19. The average Bonchev–Trinajstić information content (AvgIpc) is 3.04. The Morgan fingerprint density at radius 2 is 0.947 bits per heavy atom. The van der Waals surface area contributed by atoms with Crippen molar-refractivity contribution in [1.82, 2.24) is 19.1 Å². The van der Waals surface area contributed by atoms with E-state index in [2.05, 4.69) is 9.97 Å². The molecule has 0 bridgehead atoms. The number of alkyl halides is 18. The molecule has 8 nitrogen and oxygen atoms in total. The molecule has 2 aromatic carbocycles. The first kappa shape index (κ1) is 46.2. The summed E-state index contributed by atoms with van der Waals surface area (Å²) in [5.74, 6) is -2.04. The van der Waals surface area contributed by atoms with E-state index in [0.29, 0.717) is 9.13 Å². The summed E-state index contributed by atoms with van der Waals surface area (Å²) in [7, 11) is 0. The first-order chi connectivity index (χ1) is 25.7. The van der Waals surface area contributed by atoms with Gasteiger partial charge in [-0.1, -0.05) is 11.6 Å². The molecule has 0 saturated heterocycles. The largest absolute Gasteiger partial charge is 0.435 e. The number of hydrogen-bond acceptors (Lipinski definition) is 6. The van der Waals surface area contributed by atoms with E-state index in [1.165, 1.54) is 13.8 Å².